The predicted molar refractivity (Wildman–Crippen MR) is 92.2 cm³/mol. The smallest absolute Gasteiger partial charge is 0.164 e. The van der Waals surface area contributed by atoms with Crippen molar-refractivity contribution in [1.82, 2.24) is 24.4 Å². The molecule has 0 saturated heterocycles. The highest BCUT2D eigenvalue weighted by Crippen LogP contribution is 2.20. The first kappa shape index (κ1) is 18.8. The fourth-order valence-corrected chi connectivity index (χ4v) is 2.96. The average molecular weight is 371 g/mol. The monoisotopic (exact) mass is 369 g/mol. The maximum Gasteiger partial charge on any atom is 0.164 e. The van der Waals surface area contributed by atoms with Gasteiger partial charge in [0.05, 0.1) is 6.33 Å². The van der Waals surface area contributed by atoms with E-state index in [-0.39, 0.29) is 12.4 Å². The summed E-state index contributed by atoms with van der Waals surface area (Å²) in [4.78, 5) is 15.2. The summed E-state index contributed by atoms with van der Waals surface area (Å²) in [5.74, 6) is 1.22. The molecular weight excluding hydrogens is 353 g/mol. The minimum Gasteiger partial charge on any atom is -0.314 e. The van der Waals surface area contributed by atoms with Crippen molar-refractivity contribution >= 4 is 58.5 Å². The summed E-state index contributed by atoms with van der Waals surface area (Å²) >= 11 is 13.2. The third kappa shape index (κ3) is 4.86. The molecule has 2 aromatic heterocycles. The van der Waals surface area contributed by atoms with E-state index in [9.17, 15) is 0 Å². The van der Waals surface area contributed by atoms with E-state index in [1.54, 1.807) is 18.1 Å². The number of aromatic nitrogens is 4. The lowest BCUT2D eigenvalue weighted by atomic mass is 10.4. The molecule has 118 valence electrons. The van der Waals surface area contributed by atoms with E-state index >= 15 is 0 Å². The third-order valence-electron chi connectivity index (χ3n) is 3.02. The van der Waals surface area contributed by atoms with Gasteiger partial charge in [0.1, 0.15) is 16.9 Å². The zero-order valence-electron chi connectivity index (χ0n) is 11.7. The van der Waals surface area contributed by atoms with Crippen molar-refractivity contribution in [3.63, 3.8) is 0 Å². The predicted octanol–water partition coefficient (Wildman–Crippen LogP) is 2.75. The van der Waals surface area contributed by atoms with Gasteiger partial charge >= 0.3 is 0 Å². The van der Waals surface area contributed by atoms with Crippen LogP contribution >= 0.6 is 47.4 Å². The van der Waals surface area contributed by atoms with Gasteiger partial charge in [-0.1, -0.05) is 0 Å². The van der Waals surface area contributed by atoms with Crippen molar-refractivity contribution in [3.05, 3.63) is 12.7 Å². The van der Waals surface area contributed by atoms with Gasteiger partial charge in [-0.25, -0.2) is 15.0 Å². The Balaban J connectivity index is 0.00000220. The highest BCUT2D eigenvalue weighted by Gasteiger charge is 2.10. The van der Waals surface area contributed by atoms with Crippen LogP contribution in [0.3, 0.4) is 0 Å². The second-order valence-corrected chi connectivity index (χ2v) is 5.76. The number of nitrogens with zero attached hydrogens (tertiary/aromatic N) is 5. The zero-order chi connectivity index (χ0) is 14.4. The standard InChI is InChI=1S/C12H17Cl2N5S.ClH/c1-20-12-10-11(15-8-16-12)19(9-17-10)7-6-18(4-2-13)5-3-14;/h8-9H,2-7H2,1H3;1H. The number of thioether (sulfide) groups is 1. The summed E-state index contributed by atoms with van der Waals surface area (Å²) in [7, 11) is 0. The van der Waals surface area contributed by atoms with Gasteiger partial charge in [0, 0.05) is 37.9 Å². The van der Waals surface area contributed by atoms with Gasteiger partial charge in [0.15, 0.2) is 5.65 Å². The van der Waals surface area contributed by atoms with Crippen molar-refractivity contribution in [2.24, 2.45) is 0 Å². The van der Waals surface area contributed by atoms with Crippen LogP contribution in [0.2, 0.25) is 0 Å². The molecule has 9 heteroatoms. The molecule has 0 aliphatic carbocycles. The first-order chi connectivity index (χ1) is 9.80. The molecule has 5 nitrogen and oxygen atoms in total. The molecule has 2 aromatic rings. The molecule has 0 fully saturated rings. The summed E-state index contributed by atoms with van der Waals surface area (Å²) in [5.41, 5.74) is 1.74. The second kappa shape index (κ2) is 9.69. The Hall–Kier alpha value is -0.270. The average Bonchev–Trinajstić information content (AvgIpc) is 2.88. The molecule has 21 heavy (non-hydrogen) atoms. The van der Waals surface area contributed by atoms with Crippen molar-refractivity contribution in [2.45, 2.75) is 11.6 Å². The molecule has 0 saturated carbocycles. The Morgan fingerprint density at radius 2 is 1.86 bits per heavy atom. The maximum atomic E-state index is 5.80. The number of rotatable bonds is 8. The maximum absolute atomic E-state index is 5.80. The number of hydrogen-bond acceptors (Lipinski definition) is 5. The number of fused-ring (bicyclic) bond motifs is 1. The van der Waals surface area contributed by atoms with E-state index in [0.29, 0.717) is 11.8 Å². The van der Waals surface area contributed by atoms with Gasteiger partial charge in [0.25, 0.3) is 0 Å². The third-order valence-corrected chi connectivity index (χ3v) is 4.04. The molecule has 0 amide bonds. The minimum atomic E-state index is 0. The molecule has 0 spiro atoms. The lowest BCUT2D eigenvalue weighted by molar-refractivity contribution is 0.295. The Bertz CT molecular complexity index is 545. The van der Waals surface area contributed by atoms with Gasteiger partial charge in [-0.2, -0.15) is 0 Å². The van der Waals surface area contributed by atoms with Crippen LogP contribution in [0.1, 0.15) is 0 Å². The Kier molecular flexibility index (Phi) is 8.66. The molecular formula is C12H18Cl3N5S. The van der Waals surface area contributed by atoms with E-state index in [2.05, 4.69) is 19.9 Å². The molecule has 0 atom stereocenters. The van der Waals surface area contributed by atoms with Gasteiger partial charge < -0.3 is 4.57 Å². The van der Waals surface area contributed by atoms with Crippen LogP contribution in [0.15, 0.2) is 17.7 Å². The number of imidazole rings is 1. The van der Waals surface area contributed by atoms with Crippen LogP contribution in [0, 0.1) is 0 Å². The van der Waals surface area contributed by atoms with Crippen LogP contribution in [-0.2, 0) is 6.54 Å². The largest absolute Gasteiger partial charge is 0.314 e. The summed E-state index contributed by atoms with van der Waals surface area (Å²) < 4.78 is 2.05. The first-order valence-electron chi connectivity index (χ1n) is 6.34. The molecule has 0 unspecified atom stereocenters. The summed E-state index contributed by atoms with van der Waals surface area (Å²) in [6, 6.07) is 0. The second-order valence-electron chi connectivity index (χ2n) is 4.21. The zero-order valence-corrected chi connectivity index (χ0v) is 14.9. The van der Waals surface area contributed by atoms with E-state index in [1.165, 1.54) is 0 Å². The number of alkyl halides is 2. The summed E-state index contributed by atoms with van der Waals surface area (Å²) in [6.07, 6.45) is 5.39. The van der Waals surface area contributed by atoms with Crippen molar-refractivity contribution in [1.29, 1.82) is 0 Å². The SMILES string of the molecule is CSc1ncnc2c1ncn2CCN(CCCl)CCCl.Cl. The van der Waals surface area contributed by atoms with Crippen LogP contribution in [-0.4, -0.2) is 62.1 Å². The first-order valence-corrected chi connectivity index (χ1v) is 8.63. The summed E-state index contributed by atoms with van der Waals surface area (Å²) in [6.45, 7) is 3.37. The minimum absolute atomic E-state index is 0. The molecule has 0 aromatic carbocycles. The van der Waals surface area contributed by atoms with Gasteiger partial charge in [0.2, 0.25) is 0 Å². The fourth-order valence-electron chi connectivity index (χ4n) is 2.00. The molecule has 2 rings (SSSR count). The quantitative estimate of drug-likeness (QED) is 0.406. The van der Waals surface area contributed by atoms with Crippen LogP contribution in [0.4, 0.5) is 0 Å². The van der Waals surface area contributed by atoms with E-state index in [1.807, 2.05) is 17.2 Å². The summed E-state index contributed by atoms with van der Waals surface area (Å²) in [5, 5.41) is 0.909. The molecule has 0 bridgehead atoms. The van der Waals surface area contributed by atoms with Gasteiger partial charge in [-0.15, -0.1) is 47.4 Å². The van der Waals surface area contributed by atoms with Crippen molar-refractivity contribution < 1.29 is 0 Å². The highest BCUT2D eigenvalue weighted by molar-refractivity contribution is 7.98. The molecule has 0 radical (unpaired) electrons. The van der Waals surface area contributed by atoms with Crippen molar-refractivity contribution in [3.8, 4) is 0 Å². The number of hydrogen-bond donors (Lipinski definition) is 0. The van der Waals surface area contributed by atoms with E-state index in [0.717, 1.165) is 42.4 Å². The number of halogens is 3. The molecule has 0 aliphatic heterocycles. The van der Waals surface area contributed by atoms with Crippen LogP contribution in [0.25, 0.3) is 11.2 Å². The fraction of sp³-hybridized carbons (Fsp3) is 0.583. The van der Waals surface area contributed by atoms with Gasteiger partial charge in [-0.3, -0.25) is 4.90 Å². The Morgan fingerprint density at radius 3 is 2.48 bits per heavy atom. The highest BCUT2D eigenvalue weighted by atomic mass is 35.5. The molecule has 0 N–H and O–H groups in total. The van der Waals surface area contributed by atoms with E-state index in [4.69, 9.17) is 23.2 Å². The Labute approximate surface area is 144 Å². The topological polar surface area (TPSA) is 46.8 Å². The Morgan fingerprint density at radius 1 is 1.14 bits per heavy atom. The lowest BCUT2D eigenvalue weighted by Gasteiger charge is -2.20. The van der Waals surface area contributed by atoms with Gasteiger partial charge in [-0.05, 0) is 6.26 Å². The van der Waals surface area contributed by atoms with Crippen LogP contribution < -0.4 is 0 Å². The normalized spacial score (nSPS) is 11.0. The van der Waals surface area contributed by atoms with Crippen LogP contribution in [0.5, 0.6) is 0 Å². The molecule has 0 aliphatic rings. The van der Waals surface area contributed by atoms with E-state index < -0.39 is 0 Å². The van der Waals surface area contributed by atoms with Crippen molar-refractivity contribution in [2.75, 3.05) is 37.7 Å². The molecule has 2 heterocycles. The lowest BCUT2D eigenvalue weighted by Crippen LogP contribution is -2.31.